The molecule has 1 fully saturated rings. The van der Waals surface area contributed by atoms with Gasteiger partial charge in [0.2, 0.25) is 10.0 Å². The first-order chi connectivity index (χ1) is 6.87. The van der Waals surface area contributed by atoms with E-state index >= 15 is 0 Å². The van der Waals surface area contributed by atoms with Crippen LogP contribution in [0.2, 0.25) is 0 Å². The minimum absolute atomic E-state index is 0.0111. The molecule has 0 aromatic heterocycles. The molecule has 1 heterocycles. The van der Waals surface area contributed by atoms with Gasteiger partial charge in [-0.2, -0.15) is 0 Å². The van der Waals surface area contributed by atoms with E-state index in [-0.39, 0.29) is 24.3 Å². The Morgan fingerprint density at radius 1 is 1.27 bits per heavy atom. The van der Waals surface area contributed by atoms with Crippen molar-refractivity contribution in [2.75, 3.05) is 22.5 Å². The fraction of sp³-hybridized carbons (Fsp3) is 1.00. The Hall–Kier alpha value is 0.590. The minimum atomic E-state index is -3.31. The quantitative estimate of drug-likeness (QED) is 0.557. The number of hydrogen-bond donors (Lipinski definition) is 1. The van der Waals surface area contributed by atoms with Gasteiger partial charge in [0.05, 0.1) is 16.8 Å². The molecule has 5 nitrogen and oxygen atoms in total. The molecule has 1 rings (SSSR count). The van der Waals surface area contributed by atoms with Gasteiger partial charge in [0.1, 0.15) is 9.84 Å². The van der Waals surface area contributed by atoms with Crippen LogP contribution in [-0.4, -0.2) is 44.6 Å². The maximum Gasteiger partial charge on any atom is 0.214 e. The van der Waals surface area contributed by atoms with Crippen LogP contribution in [0, 0.1) is 0 Å². The van der Waals surface area contributed by atoms with E-state index in [0.717, 1.165) is 0 Å². The molecule has 0 spiro atoms. The zero-order valence-corrected chi connectivity index (χ0v) is 11.9. The maximum absolute atomic E-state index is 11.6. The minimum Gasteiger partial charge on any atom is -0.229 e. The third kappa shape index (κ3) is 4.16. The first kappa shape index (κ1) is 13.7. The molecule has 0 aliphatic carbocycles. The lowest BCUT2D eigenvalue weighted by Gasteiger charge is -2.21. The number of nitrogens with one attached hydrogen (secondary N) is 1. The number of alkyl halides is 1. The maximum atomic E-state index is 11.6. The van der Waals surface area contributed by atoms with Crippen LogP contribution >= 0.6 is 22.6 Å². The fourth-order valence-corrected chi connectivity index (χ4v) is 5.38. The summed E-state index contributed by atoms with van der Waals surface area (Å²) in [6.45, 7) is 0.409. The van der Waals surface area contributed by atoms with Gasteiger partial charge in [0.15, 0.2) is 0 Å². The third-order valence-electron chi connectivity index (χ3n) is 2.34. The van der Waals surface area contributed by atoms with Crippen molar-refractivity contribution in [3.63, 3.8) is 0 Å². The number of rotatable bonds is 4. The summed E-state index contributed by atoms with van der Waals surface area (Å²) in [6.07, 6.45) is 0.442. The lowest BCUT2D eigenvalue weighted by atomic mass is 10.2. The van der Waals surface area contributed by atoms with Crippen molar-refractivity contribution in [2.24, 2.45) is 0 Å². The van der Waals surface area contributed by atoms with E-state index in [1.807, 2.05) is 0 Å². The largest absolute Gasteiger partial charge is 0.229 e. The van der Waals surface area contributed by atoms with Crippen molar-refractivity contribution in [3.05, 3.63) is 0 Å². The monoisotopic (exact) mass is 367 g/mol. The van der Waals surface area contributed by atoms with Crippen LogP contribution < -0.4 is 4.72 Å². The Balaban J connectivity index is 2.60. The highest BCUT2D eigenvalue weighted by Crippen LogP contribution is 2.18. The summed E-state index contributed by atoms with van der Waals surface area (Å²) >= 11 is 2.08. The lowest BCUT2D eigenvalue weighted by Crippen LogP contribution is -2.40. The molecule has 90 valence electrons. The van der Waals surface area contributed by atoms with Gasteiger partial charge in [-0.1, -0.05) is 22.6 Å². The zero-order chi connectivity index (χ0) is 11.5. The molecule has 0 aromatic carbocycles. The lowest BCUT2D eigenvalue weighted by molar-refractivity contribution is 0.544. The predicted octanol–water partition coefficient (Wildman–Crippen LogP) is -0.0820. The molecule has 0 saturated carbocycles. The molecule has 0 amide bonds. The summed E-state index contributed by atoms with van der Waals surface area (Å²) in [5.74, 6) is -0.0222. The van der Waals surface area contributed by atoms with Crippen LogP contribution in [0.15, 0.2) is 0 Å². The molecular weight excluding hydrogens is 353 g/mol. The van der Waals surface area contributed by atoms with Crippen LogP contribution in [0.3, 0.4) is 0 Å². The molecule has 0 aromatic rings. The summed E-state index contributed by atoms with van der Waals surface area (Å²) < 4.78 is 48.7. The van der Waals surface area contributed by atoms with Crippen molar-refractivity contribution < 1.29 is 16.8 Å². The highest BCUT2D eigenvalue weighted by Gasteiger charge is 2.32. The predicted molar refractivity (Wildman–Crippen MR) is 67.5 cm³/mol. The number of sulfone groups is 1. The van der Waals surface area contributed by atoms with Crippen LogP contribution in [0.25, 0.3) is 0 Å². The van der Waals surface area contributed by atoms with E-state index in [1.165, 1.54) is 0 Å². The summed E-state index contributed by atoms with van der Waals surface area (Å²) in [4.78, 5) is 0. The highest BCUT2D eigenvalue weighted by atomic mass is 127. The van der Waals surface area contributed by atoms with Crippen molar-refractivity contribution in [3.8, 4) is 0 Å². The van der Waals surface area contributed by atoms with Gasteiger partial charge in [-0.25, -0.2) is 21.6 Å². The third-order valence-corrected chi connectivity index (χ3v) is 6.55. The SMILES string of the molecule is O=S1(=O)CCC(S(=O)(=O)NCCI)CC1. The molecule has 8 heteroatoms. The average Bonchev–Trinajstić information content (AvgIpc) is 2.14. The second-order valence-corrected chi connectivity index (χ2v) is 8.91. The standard InChI is InChI=1S/C7H14INO4S2/c8-3-4-9-15(12,13)7-1-5-14(10,11)6-2-7/h7,9H,1-6H2. The van der Waals surface area contributed by atoms with Crippen molar-refractivity contribution >= 4 is 42.5 Å². The van der Waals surface area contributed by atoms with Crippen molar-refractivity contribution in [2.45, 2.75) is 18.1 Å². The summed E-state index contributed by atoms with van der Waals surface area (Å²) in [6, 6.07) is 0. The van der Waals surface area contributed by atoms with Crippen LogP contribution in [-0.2, 0) is 19.9 Å². The van der Waals surface area contributed by atoms with Crippen molar-refractivity contribution in [1.82, 2.24) is 4.72 Å². The second-order valence-electron chi connectivity index (χ2n) is 3.48. The Labute approximate surface area is 104 Å². The smallest absolute Gasteiger partial charge is 0.214 e. The molecular formula is C7H14INO4S2. The molecule has 1 aliphatic heterocycles. The summed E-state index contributed by atoms with van der Waals surface area (Å²) in [5, 5.41) is -0.538. The average molecular weight is 367 g/mol. The molecule has 1 saturated heterocycles. The van der Waals surface area contributed by atoms with Gasteiger partial charge in [0.25, 0.3) is 0 Å². The van der Waals surface area contributed by atoms with E-state index in [4.69, 9.17) is 0 Å². The molecule has 15 heavy (non-hydrogen) atoms. The zero-order valence-electron chi connectivity index (χ0n) is 8.15. The van der Waals surface area contributed by atoms with E-state index in [1.54, 1.807) is 0 Å². The van der Waals surface area contributed by atoms with E-state index in [2.05, 4.69) is 27.3 Å². The topological polar surface area (TPSA) is 80.3 Å². The first-order valence-electron chi connectivity index (χ1n) is 4.62. The summed E-state index contributed by atoms with van der Waals surface area (Å²) in [7, 11) is -6.31. The highest BCUT2D eigenvalue weighted by molar-refractivity contribution is 14.1. The van der Waals surface area contributed by atoms with E-state index in [9.17, 15) is 16.8 Å². The molecule has 1 aliphatic rings. The van der Waals surface area contributed by atoms with Gasteiger partial charge < -0.3 is 0 Å². The van der Waals surface area contributed by atoms with Gasteiger partial charge >= 0.3 is 0 Å². The molecule has 0 unspecified atom stereocenters. The van der Waals surface area contributed by atoms with Gasteiger partial charge in [-0.05, 0) is 12.8 Å². The number of halogens is 1. The molecule has 0 bridgehead atoms. The molecule has 0 radical (unpaired) electrons. The van der Waals surface area contributed by atoms with Gasteiger partial charge in [-0.3, -0.25) is 0 Å². The Morgan fingerprint density at radius 3 is 2.27 bits per heavy atom. The van der Waals surface area contributed by atoms with E-state index < -0.39 is 25.1 Å². The van der Waals surface area contributed by atoms with Gasteiger partial charge in [0, 0.05) is 11.0 Å². The fourth-order valence-electron chi connectivity index (χ4n) is 1.48. The first-order valence-corrected chi connectivity index (χ1v) is 9.51. The Kier molecular flexibility index (Phi) is 4.81. The van der Waals surface area contributed by atoms with Gasteiger partial charge in [-0.15, -0.1) is 0 Å². The normalized spacial score (nSPS) is 22.7. The van der Waals surface area contributed by atoms with Crippen LogP contribution in [0.5, 0.6) is 0 Å². The van der Waals surface area contributed by atoms with E-state index in [0.29, 0.717) is 11.0 Å². The van der Waals surface area contributed by atoms with Crippen molar-refractivity contribution in [1.29, 1.82) is 0 Å². The Bertz CT molecular complexity index is 389. The summed E-state index contributed by atoms with van der Waals surface area (Å²) in [5.41, 5.74) is 0. The van der Waals surface area contributed by atoms with Crippen LogP contribution in [0.1, 0.15) is 12.8 Å². The Morgan fingerprint density at radius 2 is 1.80 bits per heavy atom. The molecule has 0 atom stereocenters. The second kappa shape index (κ2) is 5.28. The number of sulfonamides is 1. The van der Waals surface area contributed by atoms with Crippen LogP contribution in [0.4, 0.5) is 0 Å². The molecule has 1 N–H and O–H groups in total. The number of hydrogen-bond acceptors (Lipinski definition) is 4.